The average molecular weight is 965 g/mol. The maximum Gasteiger partial charge on any atom is 0.220 e. The Bertz CT molecular complexity index is 1120. The van der Waals surface area contributed by atoms with Crippen molar-refractivity contribution in [2.75, 3.05) is 13.2 Å². The number of carbonyl (C=O) groups excluding carboxylic acids is 1. The van der Waals surface area contributed by atoms with Crippen LogP contribution in [0.15, 0.2) is 24.3 Å². The molecule has 1 saturated heterocycles. The van der Waals surface area contributed by atoms with Gasteiger partial charge in [-0.05, 0) is 44.9 Å². The van der Waals surface area contributed by atoms with Gasteiger partial charge in [-0.15, -0.1) is 0 Å². The second-order valence-corrected chi connectivity index (χ2v) is 20.8. The van der Waals surface area contributed by atoms with Crippen molar-refractivity contribution >= 4 is 5.91 Å². The molecular weight excluding hydrogens is 851 g/mol. The Hall–Kier alpha value is -1.33. The number of rotatable bonds is 51. The highest BCUT2D eigenvalue weighted by atomic mass is 16.7. The largest absolute Gasteiger partial charge is 0.394 e. The molecule has 7 unspecified atom stereocenters. The molecule has 0 aromatic rings. The molecule has 7 atom stereocenters. The van der Waals surface area contributed by atoms with Gasteiger partial charge in [0, 0.05) is 6.42 Å². The predicted molar refractivity (Wildman–Crippen MR) is 286 cm³/mol. The van der Waals surface area contributed by atoms with Gasteiger partial charge in [-0.25, -0.2) is 0 Å². The van der Waals surface area contributed by atoms with Gasteiger partial charge in [0.25, 0.3) is 0 Å². The normalized spacial score (nSPS) is 19.7. The van der Waals surface area contributed by atoms with Crippen molar-refractivity contribution in [3.8, 4) is 0 Å². The molecule has 0 aromatic heterocycles. The number of ether oxygens (including phenoxy) is 2. The molecule has 9 nitrogen and oxygen atoms in total. The van der Waals surface area contributed by atoms with Gasteiger partial charge in [-0.1, -0.05) is 263 Å². The molecule has 0 radical (unpaired) electrons. The molecule has 1 heterocycles. The molecule has 9 heteroatoms. The van der Waals surface area contributed by atoms with Gasteiger partial charge in [-0.2, -0.15) is 0 Å². The van der Waals surface area contributed by atoms with Gasteiger partial charge < -0.3 is 40.3 Å². The number of hydrogen-bond donors (Lipinski definition) is 6. The second kappa shape index (κ2) is 49.3. The number of allylic oxidation sites excluding steroid dienone is 3. The van der Waals surface area contributed by atoms with Crippen LogP contribution in [0.2, 0.25) is 0 Å². The van der Waals surface area contributed by atoms with Crippen molar-refractivity contribution in [2.24, 2.45) is 0 Å². The van der Waals surface area contributed by atoms with Crippen LogP contribution in [0.25, 0.3) is 0 Å². The highest BCUT2D eigenvalue weighted by Gasteiger charge is 2.44. The molecule has 0 saturated carbocycles. The van der Waals surface area contributed by atoms with Crippen LogP contribution in [-0.2, 0) is 14.3 Å². The maximum atomic E-state index is 13.1. The SMILES string of the molecule is CCCCCCCCCCCCCC/C=C\CCCCCCCCCCCCCCC(=O)NC(COC1OC(CO)C(O)C(O)C1O)C(O)/C=C/CCCCCCCCCCCCCCCCC. The molecule has 68 heavy (non-hydrogen) atoms. The Morgan fingerprint density at radius 2 is 0.824 bits per heavy atom. The predicted octanol–water partition coefficient (Wildman–Crippen LogP) is 14.6. The monoisotopic (exact) mass is 964 g/mol. The van der Waals surface area contributed by atoms with E-state index in [1.807, 2.05) is 6.08 Å². The van der Waals surface area contributed by atoms with Gasteiger partial charge in [0.2, 0.25) is 5.91 Å². The van der Waals surface area contributed by atoms with E-state index in [0.29, 0.717) is 6.42 Å². The minimum absolute atomic E-state index is 0.173. The second-order valence-electron chi connectivity index (χ2n) is 20.8. The van der Waals surface area contributed by atoms with Gasteiger partial charge in [-0.3, -0.25) is 4.79 Å². The molecule has 0 spiro atoms. The maximum absolute atomic E-state index is 13.1. The molecular formula is C59H113NO8. The Kier molecular flexibility index (Phi) is 46.9. The topological polar surface area (TPSA) is 149 Å². The smallest absolute Gasteiger partial charge is 0.220 e. The van der Waals surface area contributed by atoms with E-state index in [2.05, 4.69) is 31.3 Å². The lowest BCUT2D eigenvalue weighted by Gasteiger charge is -2.40. The van der Waals surface area contributed by atoms with Crippen molar-refractivity contribution in [2.45, 2.75) is 333 Å². The molecule has 402 valence electrons. The minimum Gasteiger partial charge on any atom is -0.394 e. The standard InChI is InChI=1S/C59H113NO8/c1-3-5-7-9-11-13-15-17-19-21-22-23-24-25-26-27-28-29-30-31-33-35-37-39-41-43-45-47-49-55(63)60-52(51-67-59-58(66)57(65)56(64)54(50-61)68-59)53(62)48-46-44-42-40-38-36-34-32-20-18-16-14-12-10-8-6-4-2/h25-26,46,48,52-54,56-59,61-62,64-66H,3-24,27-45,47,49-51H2,1-2H3,(H,60,63)/b26-25-,48-46+. The Labute approximate surface area is 419 Å². The number of hydrogen-bond acceptors (Lipinski definition) is 8. The summed E-state index contributed by atoms with van der Waals surface area (Å²) in [5.41, 5.74) is 0. The highest BCUT2D eigenvalue weighted by Crippen LogP contribution is 2.23. The molecule has 0 aromatic carbocycles. The first kappa shape index (κ1) is 64.7. The summed E-state index contributed by atoms with van der Waals surface area (Å²) in [5, 5.41) is 54.5. The van der Waals surface area contributed by atoms with Crippen molar-refractivity contribution in [1.29, 1.82) is 0 Å². The third kappa shape index (κ3) is 38.4. The number of aliphatic hydroxyl groups is 5. The van der Waals surface area contributed by atoms with Crippen LogP contribution in [-0.4, -0.2) is 87.5 Å². The zero-order chi connectivity index (χ0) is 49.4. The number of carbonyl (C=O) groups is 1. The van der Waals surface area contributed by atoms with Crippen molar-refractivity contribution in [3.63, 3.8) is 0 Å². The molecule has 0 aliphatic carbocycles. The zero-order valence-corrected chi connectivity index (χ0v) is 44.6. The first-order valence-corrected chi connectivity index (χ1v) is 29.6. The van der Waals surface area contributed by atoms with Gasteiger partial charge in [0.1, 0.15) is 24.4 Å². The van der Waals surface area contributed by atoms with Crippen molar-refractivity contribution < 1.29 is 39.8 Å². The van der Waals surface area contributed by atoms with Crippen molar-refractivity contribution in [3.05, 3.63) is 24.3 Å². The molecule has 1 rings (SSSR count). The van der Waals surface area contributed by atoms with E-state index >= 15 is 0 Å². The number of aliphatic hydroxyl groups excluding tert-OH is 5. The van der Waals surface area contributed by atoms with E-state index in [9.17, 15) is 30.3 Å². The van der Waals surface area contributed by atoms with Crippen LogP contribution in [0.3, 0.4) is 0 Å². The molecule has 1 aliphatic heterocycles. The Morgan fingerprint density at radius 1 is 0.485 bits per heavy atom. The fourth-order valence-corrected chi connectivity index (χ4v) is 9.57. The van der Waals surface area contributed by atoms with E-state index < -0.39 is 49.5 Å². The lowest BCUT2D eigenvalue weighted by molar-refractivity contribution is -0.302. The number of amides is 1. The van der Waals surface area contributed by atoms with E-state index in [0.717, 1.165) is 38.5 Å². The van der Waals surface area contributed by atoms with Crippen LogP contribution in [0.1, 0.15) is 290 Å². The summed E-state index contributed by atoms with van der Waals surface area (Å²) < 4.78 is 11.3. The highest BCUT2D eigenvalue weighted by molar-refractivity contribution is 5.76. The molecule has 0 bridgehead atoms. The number of nitrogens with one attached hydrogen (secondary N) is 1. The van der Waals surface area contributed by atoms with Crippen molar-refractivity contribution in [1.82, 2.24) is 5.32 Å². The number of unbranched alkanes of at least 4 members (excludes halogenated alkanes) is 39. The third-order valence-corrected chi connectivity index (χ3v) is 14.3. The third-order valence-electron chi connectivity index (χ3n) is 14.3. The van der Waals surface area contributed by atoms with E-state index in [4.69, 9.17) is 9.47 Å². The Morgan fingerprint density at radius 3 is 1.19 bits per heavy atom. The summed E-state index contributed by atoms with van der Waals surface area (Å²) in [7, 11) is 0. The quantitative estimate of drug-likeness (QED) is 0.0261. The summed E-state index contributed by atoms with van der Waals surface area (Å²) in [5.74, 6) is -0.173. The molecule has 6 N–H and O–H groups in total. The summed E-state index contributed by atoms with van der Waals surface area (Å²) in [6, 6.07) is -0.803. The van der Waals surface area contributed by atoms with Gasteiger partial charge >= 0.3 is 0 Å². The lowest BCUT2D eigenvalue weighted by Crippen LogP contribution is -2.60. The summed E-state index contributed by atoms with van der Waals surface area (Å²) in [4.78, 5) is 13.1. The average Bonchev–Trinajstić information content (AvgIpc) is 3.34. The lowest BCUT2D eigenvalue weighted by atomic mass is 9.99. The van der Waals surface area contributed by atoms with Crippen LogP contribution < -0.4 is 5.32 Å². The molecule has 1 amide bonds. The zero-order valence-electron chi connectivity index (χ0n) is 44.6. The van der Waals surface area contributed by atoms with Crippen LogP contribution in [0.4, 0.5) is 0 Å². The van der Waals surface area contributed by atoms with E-state index in [1.165, 1.54) is 231 Å². The van der Waals surface area contributed by atoms with E-state index in [-0.39, 0.29) is 12.5 Å². The molecule has 1 aliphatic rings. The molecule has 1 fully saturated rings. The summed E-state index contributed by atoms with van der Waals surface area (Å²) in [6.07, 6.45) is 55.3. The fraction of sp³-hybridized carbons (Fsp3) is 0.915. The summed E-state index contributed by atoms with van der Waals surface area (Å²) >= 11 is 0. The van der Waals surface area contributed by atoms with Gasteiger partial charge in [0.15, 0.2) is 6.29 Å². The Balaban J connectivity index is 2.18. The van der Waals surface area contributed by atoms with Crippen LogP contribution >= 0.6 is 0 Å². The first-order valence-electron chi connectivity index (χ1n) is 29.6. The van der Waals surface area contributed by atoms with Crippen LogP contribution in [0.5, 0.6) is 0 Å². The van der Waals surface area contributed by atoms with Gasteiger partial charge in [0.05, 0.1) is 25.4 Å². The van der Waals surface area contributed by atoms with Crippen LogP contribution in [0, 0.1) is 0 Å². The fourth-order valence-electron chi connectivity index (χ4n) is 9.57. The minimum atomic E-state index is -1.56. The summed E-state index contributed by atoms with van der Waals surface area (Å²) in [6.45, 7) is 3.81. The van der Waals surface area contributed by atoms with E-state index in [1.54, 1.807) is 6.08 Å². The first-order chi connectivity index (χ1) is 33.3.